The number of rotatable bonds is 20. The van der Waals surface area contributed by atoms with Crippen molar-refractivity contribution in [3.8, 4) is 45.4 Å². The molecule has 2 amide bonds. The Morgan fingerprint density at radius 1 is 0.508 bits per heavy atom. The Kier molecular flexibility index (Phi) is 24.8. The number of imidazole rings is 2. The monoisotopic (exact) mass is 1640 g/mol. The Hall–Kier alpha value is -11.3. The summed E-state index contributed by atoms with van der Waals surface area (Å²) in [6.45, 7) is 26.3. The van der Waals surface area contributed by atoms with E-state index in [2.05, 4.69) is 160 Å². The van der Waals surface area contributed by atoms with Crippen molar-refractivity contribution in [3.63, 3.8) is 0 Å². The van der Waals surface area contributed by atoms with Gasteiger partial charge >= 0.3 is 19.3 Å². The number of amides is 2. The highest BCUT2D eigenvalue weighted by Gasteiger charge is 2.52. The van der Waals surface area contributed by atoms with Gasteiger partial charge in [0.25, 0.3) is 0 Å². The molecule has 24 nitrogen and oxygen atoms in total. The number of nitrogens with one attached hydrogen (secondary N) is 2. The molecule has 17 rings (SSSR count). The van der Waals surface area contributed by atoms with E-state index >= 15 is 0 Å². The predicted octanol–water partition coefficient (Wildman–Crippen LogP) is 17.1. The largest absolute Gasteiger partial charge is 0.494 e. The molecule has 26 heteroatoms. The summed E-state index contributed by atoms with van der Waals surface area (Å²) in [5, 5.41) is 6.64. The first kappa shape index (κ1) is 83.8. The van der Waals surface area contributed by atoms with Crippen LogP contribution < -0.4 is 37.4 Å². The van der Waals surface area contributed by atoms with Gasteiger partial charge in [0.15, 0.2) is 22.9 Å². The van der Waals surface area contributed by atoms with Crippen LogP contribution in [0.15, 0.2) is 219 Å². The number of anilines is 4. The summed E-state index contributed by atoms with van der Waals surface area (Å²) in [5.74, 6) is 2.03. The summed E-state index contributed by atoms with van der Waals surface area (Å²) in [7, 11) is -0.346. The van der Waals surface area contributed by atoms with E-state index in [1.54, 1.807) is 18.5 Å². The van der Waals surface area contributed by atoms with E-state index in [9.17, 15) is 9.59 Å². The van der Waals surface area contributed by atoms with Crippen LogP contribution in [-0.4, -0.2) is 146 Å². The highest BCUT2D eigenvalue weighted by Crippen LogP contribution is 2.45. The molecule has 3 aliphatic heterocycles. The van der Waals surface area contributed by atoms with Crippen LogP contribution >= 0.6 is 11.6 Å². The van der Waals surface area contributed by atoms with E-state index in [4.69, 9.17) is 75.8 Å². The number of alkyl carbamates (subject to hydrolysis) is 2. The first-order valence-electron chi connectivity index (χ1n) is 41.3. The number of halogens is 1. The summed E-state index contributed by atoms with van der Waals surface area (Å²) in [5.41, 5.74) is 25.3. The van der Waals surface area contributed by atoms with Gasteiger partial charge in [-0.05, 0) is 233 Å². The van der Waals surface area contributed by atoms with Gasteiger partial charge in [0, 0.05) is 66.9 Å². The fraction of sp³-hybridized carbons (Fsp3) is 0.362. The van der Waals surface area contributed by atoms with Gasteiger partial charge in [0.2, 0.25) is 0 Å². The molecule has 5 aliphatic rings. The third kappa shape index (κ3) is 19.4. The lowest BCUT2D eigenvalue weighted by Gasteiger charge is -2.43. The highest BCUT2D eigenvalue weighted by molar-refractivity contribution is 6.62. The second-order valence-electron chi connectivity index (χ2n) is 34.3. The molecule has 2 saturated carbocycles. The van der Waals surface area contributed by atoms with E-state index in [0.717, 1.165) is 121 Å². The molecular weight excluding hydrogens is 1530 g/mol. The fourth-order valence-corrected chi connectivity index (χ4v) is 15.7. The minimum Gasteiger partial charge on any atom is -0.444 e. The van der Waals surface area contributed by atoms with Crippen molar-refractivity contribution in [2.75, 3.05) is 73.9 Å². The topological polar surface area (TPSA) is 278 Å². The molecule has 6 aromatic heterocycles. The molecule has 2 aliphatic carbocycles. The Morgan fingerprint density at radius 2 is 0.958 bits per heavy atom. The molecule has 3 saturated heterocycles. The zero-order chi connectivity index (χ0) is 84.0. The Morgan fingerprint density at radius 3 is 1.41 bits per heavy atom. The quantitative estimate of drug-likeness (QED) is 0.0407. The highest BCUT2D eigenvalue weighted by atomic mass is 35.5. The van der Waals surface area contributed by atoms with E-state index < -0.39 is 34.5 Å². The zero-order valence-corrected chi connectivity index (χ0v) is 70.7. The number of nitrogen functional groups attached to an aromatic ring is 2. The van der Waals surface area contributed by atoms with E-state index in [1.165, 1.54) is 11.3 Å². The first-order valence-corrected chi connectivity index (χ1v) is 41.6. The lowest BCUT2D eigenvalue weighted by atomic mass is 9.72. The van der Waals surface area contributed by atoms with Crippen molar-refractivity contribution in [2.24, 2.45) is 0 Å². The van der Waals surface area contributed by atoms with Gasteiger partial charge < -0.3 is 69.6 Å². The third-order valence-electron chi connectivity index (χ3n) is 22.8. The summed E-state index contributed by atoms with van der Waals surface area (Å²) in [6, 6.07) is 68.7. The summed E-state index contributed by atoms with van der Waals surface area (Å²) < 4.78 is 51.5. The van der Waals surface area contributed by atoms with Crippen molar-refractivity contribution in [2.45, 2.75) is 167 Å². The van der Waals surface area contributed by atoms with Crippen LogP contribution in [0.5, 0.6) is 0 Å². The molecule has 0 unspecified atom stereocenters. The summed E-state index contributed by atoms with van der Waals surface area (Å²) in [4.78, 5) is 58.3. The number of carbonyl (C=O) groups is 2. The van der Waals surface area contributed by atoms with Gasteiger partial charge in [-0.25, -0.2) is 39.5 Å². The number of aromatic nitrogens is 8. The lowest BCUT2D eigenvalue weighted by Crippen LogP contribution is -2.52. The number of hydrogen-bond acceptors (Lipinski definition) is 20. The average molecular weight is 1640 g/mol. The van der Waals surface area contributed by atoms with Crippen molar-refractivity contribution < 1.29 is 47.3 Å². The van der Waals surface area contributed by atoms with Crippen LogP contribution in [-0.2, 0) is 62.0 Å². The van der Waals surface area contributed by atoms with Gasteiger partial charge in [-0.3, -0.25) is 9.13 Å². The maximum Gasteiger partial charge on any atom is 0.494 e. The fourth-order valence-electron chi connectivity index (χ4n) is 15.6. The van der Waals surface area contributed by atoms with Crippen LogP contribution in [0.3, 0.4) is 0 Å². The number of ether oxygens (including phenoxy) is 6. The molecule has 622 valence electrons. The molecule has 0 spiro atoms. The molecule has 0 bridgehead atoms. The summed E-state index contributed by atoms with van der Waals surface area (Å²) in [6.07, 6.45) is 7.99. The van der Waals surface area contributed by atoms with Gasteiger partial charge in [-0.1, -0.05) is 121 Å². The van der Waals surface area contributed by atoms with Gasteiger partial charge in [0.05, 0.1) is 91.0 Å². The van der Waals surface area contributed by atoms with Crippen LogP contribution in [0, 0.1) is 0 Å². The average Bonchev–Trinajstić information content (AvgIpc) is 1.27. The SMILES string of the molecule is CC(C)(C)OC(=O)NC1(c2ccc(-n3c(-c4cccnc4N)nc4ccc(-c5cccc(N6CCO[C@H](COCc7ccccc7)C6)c5)nc43)cc2)CCC1.CC(C)(C)OC(=O)NC1(c2ccc(-n3c(-c4cccnc4N)nc4ccc(Cl)nc43)cc2)CCC1.CC1(C)OB(c2cccc(N3CCO[C@H](COCc4ccccc4)C3)c2)OC1(C)C. The molecule has 12 aromatic rings. The van der Waals surface area contributed by atoms with Crippen molar-refractivity contribution in [1.82, 2.24) is 49.7 Å². The second-order valence-corrected chi connectivity index (χ2v) is 34.6. The predicted molar refractivity (Wildman–Crippen MR) is 472 cm³/mol. The van der Waals surface area contributed by atoms with E-state index in [0.29, 0.717) is 96.0 Å². The second kappa shape index (κ2) is 35.6. The molecule has 6 N–H and O–H groups in total. The van der Waals surface area contributed by atoms with E-state index in [-0.39, 0.29) is 30.5 Å². The summed E-state index contributed by atoms with van der Waals surface area (Å²) >= 11 is 6.23. The van der Waals surface area contributed by atoms with Crippen LogP contribution in [0.2, 0.25) is 5.15 Å². The zero-order valence-electron chi connectivity index (χ0n) is 69.9. The minimum absolute atomic E-state index is 0.0260. The number of nitrogens with zero attached hydrogens (tertiary/aromatic N) is 10. The lowest BCUT2D eigenvalue weighted by molar-refractivity contribution is -0.0283. The molecule has 5 fully saturated rings. The number of carbonyl (C=O) groups excluding carboxylic acids is 2. The number of fused-ring (bicyclic) bond motifs is 2. The van der Waals surface area contributed by atoms with Crippen LogP contribution in [0.25, 0.3) is 67.7 Å². The third-order valence-corrected chi connectivity index (χ3v) is 23.0. The Bertz CT molecular complexity index is 5540. The van der Waals surface area contributed by atoms with Gasteiger partial charge in [-0.15, -0.1) is 0 Å². The van der Waals surface area contributed by atoms with Crippen LogP contribution in [0.1, 0.15) is 130 Å². The molecule has 120 heavy (non-hydrogen) atoms. The first-order chi connectivity index (χ1) is 57.6. The normalized spacial score (nSPS) is 17.8. The number of morpholine rings is 2. The smallest absolute Gasteiger partial charge is 0.444 e. The number of nitrogens with two attached hydrogens (primary N) is 2. The van der Waals surface area contributed by atoms with Crippen molar-refractivity contribution in [3.05, 3.63) is 246 Å². The Labute approximate surface area is 706 Å². The van der Waals surface area contributed by atoms with Crippen molar-refractivity contribution in [1.29, 1.82) is 0 Å². The Balaban J connectivity index is 0.000000149. The molecule has 0 radical (unpaired) electrons. The molecule has 2 atom stereocenters. The maximum absolute atomic E-state index is 12.8. The standard InChI is InChI=1S/C44H47N7O4.C26H27ClN6O2.C24H32BNO4/c1-43(2,3)55-42(52)49-44(21-9-22-44)32-15-17-33(18-16-32)51-40(36-14-8-23-46-39(36)45)48-38-20-19-37(47-41(38)51)31-12-7-13-34(26-31)50-24-25-54-35(27-50)29-53-28-30-10-5-4-6-11-30;1-25(2,3)35-24(34)32-26(13-5-14-26)16-7-9-17(10-8-16)33-22(18-6-4-15-29-21(18)28)30-19-11-12-20(27)31-23(19)33;1-23(2)24(3,4)30-25(29-23)20-11-8-12-21(15-20)26-13-14-28-22(16-26)18-27-17-19-9-6-5-7-10-19/h4-8,10-20,23,26,35H,9,21-22,24-25,27-29H2,1-3H3,(H2,45,46)(H,49,52);4,6-12,15H,5,13-14H2,1-3H3,(H2,28,29)(H,32,34);5-12,15,22H,13-14,16-18H2,1-4H3/t35-;;22-/m0.0/s1. The van der Waals surface area contributed by atoms with E-state index in [1.807, 2.05) is 154 Å². The molecular formula is C94H106BClN14O10. The number of benzene rings is 6. The maximum atomic E-state index is 12.8. The van der Waals surface area contributed by atoms with Crippen molar-refractivity contribution >= 4 is 81.7 Å². The molecule has 6 aromatic carbocycles. The van der Waals surface area contributed by atoms with Gasteiger partial charge in [0.1, 0.15) is 39.0 Å². The number of pyridine rings is 4. The van der Waals surface area contributed by atoms with Gasteiger partial charge in [-0.2, -0.15) is 0 Å². The molecule has 9 heterocycles. The van der Waals surface area contributed by atoms with Crippen LogP contribution in [0.4, 0.5) is 32.6 Å². The minimum atomic E-state index is -0.581. The number of hydrogen-bond donors (Lipinski definition) is 4.